The van der Waals surface area contributed by atoms with E-state index in [-0.39, 0.29) is 43.7 Å². The molecule has 4 rings (SSSR count). The Morgan fingerprint density at radius 3 is 2.36 bits per heavy atom. The molecule has 0 aromatic carbocycles. The van der Waals surface area contributed by atoms with Gasteiger partial charge in [-0.15, -0.1) is 0 Å². The average Bonchev–Trinajstić information content (AvgIpc) is 3.42. The number of fused-ring (bicyclic) bond motifs is 3. The first-order valence-corrected chi connectivity index (χ1v) is 24.3. The van der Waals surface area contributed by atoms with E-state index in [1.807, 2.05) is 0 Å². The van der Waals surface area contributed by atoms with Crippen LogP contribution in [0.15, 0.2) is 47.6 Å². The first-order chi connectivity index (χ1) is 36.0. The van der Waals surface area contributed by atoms with Crippen molar-refractivity contribution in [1.82, 2.24) is 4.90 Å². The van der Waals surface area contributed by atoms with E-state index in [2.05, 4.69) is 0 Å². The normalized spacial score (nSPS) is 45.0. The van der Waals surface area contributed by atoms with Crippen molar-refractivity contribution in [1.29, 1.82) is 0 Å². The van der Waals surface area contributed by atoms with E-state index in [0.717, 1.165) is 18.1 Å². The van der Waals surface area contributed by atoms with Crippen LogP contribution in [0.25, 0.3) is 0 Å². The third-order valence-electron chi connectivity index (χ3n) is 14.6. The van der Waals surface area contributed by atoms with Crippen molar-refractivity contribution in [2.24, 2.45) is 41.4 Å². The van der Waals surface area contributed by atoms with Gasteiger partial charge in [0.15, 0.2) is 5.78 Å². The predicted molar refractivity (Wildman–Crippen MR) is 261 cm³/mol. The zero-order chi connectivity index (χ0) is 59.1. The molecule has 1 saturated carbocycles. The Labute approximate surface area is 424 Å². The molecule has 3 heterocycles. The lowest BCUT2D eigenvalue weighted by atomic mass is 9.78. The van der Waals surface area contributed by atoms with Gasteiger partial charge in [0.2, 0.25) is 5.79 Å². The summed E-state index contributed by atoms with van der Waals surface area (Å²) in [5.74, 6) is -17.9. The fourth-order valence-corrected chi connectivity index (χ4v) is 9.76. The van der Waals surface area contributed by atoms with Crippen LogP contribution in [-0.2, 0) is 52.4 Å². The smallest absolute Gasteiger partial charge is 0.329 e. The quantitative estimate of drug-likeness (QED) is 0.129. The summed E-state index contributed by atoms with van der Waals surface area (Å²) in [5, 5.41) is 33.4. The number of rotatable bonds is 9. The van der Waals surface area contributed by atoms with Crippen LogP contribution >= 0.6 is 0 Å². The van der Waals surface area contributed by atoms with E-state index in [1.54, 1.807) is 32.1 Å². The van der Waals surface area contributed by atoms with Crippen molar-refractivity contribution in [2.75, 3.05) is 41.0 Å². The Balaban J connectivity index is 1.85. The van der Waals surface area contributed by atoms with Crippen LogP contribution in [0.4, 0.5) is 0 Å². The lowest BCUT2D eigenvalue weighted by molar-refractivity contribution is -0.265. The van der Waals surface area contributed by atoms with Crippen molar-refractivity contribution in [3.05, 3.63) is 47.6 Å². The number of hydrogen-bond acceptors (Lipinski definition) is 14. The summed E-state index contributed by atoms with van der Waals surface area (Å²) in [5.41, 5.74) is 0.474. The third kappa shape index (κ3) is 15.3. The molecule has 0 aromatic rings. The number of aliphatic hydroxyl groups is 3. The minimum Gasteiger partial charge on any atom is -0.460 e. The monoisotopic (exact) mass is 981 g/mol. The molecule has 1 unspecified atom stereocenters. The number of esters is 1. The number of carbonyl (C=O) groups is 5. The van der Waals surface area contributed by atoms with Crippen LogP contribution in [-0.4, -0.2) is 145 Å². The van der Waals surface area contributed by atoms with Crippen LogP contribution in [0.1, 0.15) is 138 Å². The van der Waals surface area contributed by atoms with Gasteiger partial charge in [0, 0.05) is 68.1 Å². The van der Waals surface area contributed by atoms with Crippen molar-refractivity contribution >= 4 is 29.2 Å². The van der Waals surface area contributed by atoms with Gasteiger partial charge in [0.05, 0.1) is 40.3 Å². The number of aliphatic hydroxyl groups excluding tert-OH is 2. The summed E-state index contributed by atoms with van der Waals surface area (Å²) in [6.45, 7) is 3.78. The summed E-state index contributed by atoms with van der Waals surface area (Å²) >= 11 is 0. The van der Waals surface area contributed by atoms with Crippen molar-refractivity contribution < 1.29 is 80.1 Å². The number of ketones is 3. The molecular formula is C54H85NO14. The second-order valence-electron chi connectivity index (χ2n) is 19.3. The second kappa shape index (κ2) is 27.4. The number of Topliss-reactive ketones (excluding diaryl/α,β-unsaturated/α-hetero) is 3. The first-order valence-electron chi connectivity index (χ1n) is 28.8. The van der Waals surface area contributed by atoms with Crippen LogP contribution in [0, 0.1) is 41.4 Å². The summed E-state index contributed by atoms with van der Waals surface area (Å²) in [7, 11) is 3.99. The zero-order valence-electron chi connectivity index (χ0n) is 51.2. The predicted octanol–water partition coefficient (Wildman–Crippen LogP) is 6.44. The Morgan fingerprint density at radius 2 is 1.70 bits per heavy atom. The molecule has 2 saturated heterocycles. The number of allylic oxidation sites excluding steroid dienone is 6. The summed E-state index contributed by atoms with van der Waals surface area (Å²) in [6, 6.07) is -1.45. The highest BCUT2D eigenvalue weighted by Crippen LogP contribution is 2.38. The number of hydrogen-bond donors (Lipinski definition) is 3. The molecule has 0 radical (unpaired) electrons. The topological polar surface area (TPSA) is 205 Å². The van der Waals surface area contributed by atoms with Crippen molar-refractivity contribution in [3.8, 4) is 0 Å². The highest BCUT2D eigenvalue weighted by atomic mass is 16.6. The van der Waals surface area contributed by atoms with Gasteiger partial charge in [-0.2, -0.15) is 0 Å². The Bertz CT molecular complexity index is 2240. The van der Waals surface area contributed by atoms with E-state index in [0.29, 0.717) is 37.7 Å². The van der Waals surface area contributed by atoms with Gasteiger partial charge in [0.1, 0.15) is 30.1 Å². The number of methoxy groups -OCH3 is 3. The van der Waals surface area contributed by atoms with E-state index < -0.39 is 152 Å². The van der Waals surface area contributed by atoms with E-state index in [1.165, 1.54) is 61.0 Å². The molecule has 15 nitrogen and oxygen atoms in total. The number of piperidine rings is 1. The van der Waals surface area contributed by atoms with Gasteiger partial charge >= 0.3 is 5.97 Å². The fraction of sp³-hybridized carbons (Fsp3) is 0.759. The van der Waals surface area contributed by atoms with Crippen molar-refractivity contribution in [2.45, 2.75) is 180 Å². The molecule has 3 N–H and O–H groups in total. The molecule has 16 atom stereocenters. The third-order valence-corrected chi connectivity index (χ3v) is 14.6. The number of nitrogens with zero attached hydrogens (tertiary/aromatic N) is 1. The molecule has 1 aliphatic carbocycles. The van der Waals surface area contributed by atoms with Gasteiger partial charge in [-0.25, -0.2) is 4.79 Å². The molecule has 69 heavy (non-hydrogen) atoms. The molecule has 3 aliphatic heterocycles. The standard InChI is InChI=1S/C54H85NO14/c1-32-17-13-12-14-18-33(2)45(64-9)30-41-22-20-37(6)54(63,69-41)51(60)52(61)55-24-16-15-19-42(55)53(62)68-46(35(4)28-40-21-23-44(67-26-25-56)47(29-40)65-10)31-43(57)34(3)27-36(5)48(58)50(66-11)49(59)39(8)38(32)7/h12-14,17-18,27,32,34-35,37-42,44-48,50,56,58,63H,15-16,19-26,28-31H2,1-11H3/b14-12+,17-13+,33-18+,36-27+/t32-,34-,35-,37-,38?,39-,40+,41+,42+,44-,45+,46+,47-,48-,50-,54-/m1/s1/i3D3,20D2,26D2,32D,38D. The highest BCUT2D eigenvalue weighted by molar-refractivity contribution is 6.39. The number of cyclic esters (lactones) is 1. The van der Waals surface area contributed by atoms with E-state index >= 15 is 0 Å². The van der Waals surface area contributed by atoms with Crippen molar-refractivity contribution in [3.63, 3.8) is 0 Å². The van der Waals surface area contributed by atoms with Gasteiger partial charge in [-0.05, 0) is 106 Å². The number of carbonyl (C=O) groups excluding carboxylic acids is 5. The van der Waals surface area contributed by atoms with Crippen LogP contribution < -0.4 is 0 Å². The second-order valence-corrected chi connectivity index (χ2v) is 19.3. The van der Waals surface area contributed by atoms with Crippen LogP contribution in [0.5, 0.6) is 0 Å². The summed E-state index contributed by atoms with van der Waals surface area (Å²) in [4.78, 5) is 73.4. The lowest BCUT2D eigenvalue weighted by Crippen LogP contribution is -2.61. The lowest BCUT2D eigenvalue weighted by Gasteiger charge is -2.42. The van der Waals surface area contributed by atoms with Gasteiger partial charge in [0.25, 0.3) is 11.7 Å². The molecule has 15 heteroatoms. The number of amides is 1. The largest absolute Gasteiger partial charge is 0.460 e. The SMILES string of the molecule is [2H]C([2H])(CO)O[C@@H]1CC[C@@H](C[C@@H](C)[C@@H]2CC(=O)[C@H](C([2H])([2H])[2H])/C=C(\C)[C@@H](O)[C@@H](OC)C(=O)[C@H](C)C([2H])(C)[C@]([2H])(C)/C=C/C=C/C=C(\C)[C@@H](OC)C[C@@H]3CC([2H])([2H])[C@@H](C)[C@@](O)(O3)C(=O)C(=O)N3CCCC[C@H]3C(=O)O2)C[C@H]1OC. The zero-order valence-corrected chi connectivity index (χ0v) is 42.2. The van der Waals surface area contributed by atoms with Crippen LogP contribution in [0.2, 0.25) is 0 Å². The van der Waals surface area contributed by atoms with E-state index in [9.17, 15) is 42.0 Å². The van der Waals surface area contributed by atoms with Gasteiger partial charge in [-0.1, -0.05) is 77.9 Å². The number of ether oxygens (including phenoxy) is 6. The minimum absolute atomic E-state index is 0.0203. The molecule has 0 spiro atoms. The molecule has 390 valence electrons. The first kappa shape index (κ1) is 45.5. The molecule has 0 aromatic heterocycles. The Hall–Kier alpha value is -3.41. The molecular weight excluding hydrogens is 887 g/mol. The fourth-order valence-electron chi connectivity index (χ4n) is 9.76. The summed E-state index contributed by atoms with van der Waals surface area (Å²) < 4.78 is 113. The minimum atomic E-state index is -3.06. The van der Waals surface area contributed by atoms with Gasteiger partial charge in [-0.3, -0.25) is 19.2 Å². The summed E-state index contributed by atoms with van der Waals surface area (Å²) in [6.07, 6.45) is -0.617. The maximum Gasteiger partial charge on any atom is 0.329 e. The maximum absolute atomic E-state index is 14.7. The maximum atomic E-state index is 14.7. The average molecular weight is 981 g/mol. The highest BCUT2D eigenvalue weighted by Gasteiger charge is 2.53. The molecule has 3 fully saturated rings. The Kier molecular flexibility index (Phi) is 18.1. The Morgan fingerprint density at radius 1 is 0.957 bits per heavy atom. The molecule has 2 bridgehead atoms. The van der Waals surface area contributed by atoms with Crippen LogP contribution in [0.3, 0.4) is 0 Å². The molecule has 1 amide bonds. The van der Waals surface area contributed by atoms with E-state index in [4.69, 9.17) is 38.0 Å². The molecule has 4 aliphatic rings. The van der Waals surface area contributed by atoms with Gasteiger partial charge < -0.3 is 48.6 Å².